The van der Waals surface area contributed by atoms with Gasteiger partial charge in [-0.15, -0.1) is 0 Å². The average Bonchev–Trinajstić information content (AvgIpc) is 3.10. The lowest BCUT2D eigenvalue weighted by molar-refractivity contribution is 0.0485. The first-order valence-electron chi connectivity index (χ1n) is 10.5. The maximum Gasteiger partial charge on any atom is 0.407 e. The van der Waals surface area contributed by atoms with E-state index >= 15 is 0 Å². The maximum absolute atomic E-state index is 13.6. The van der Waals surface area contributed by atoms with Crippen molar-refractivity contribution in [1.82, 2.24) is 10.3 Å². The molecule has 3 aliphatic rings. The van der Waals surface area contributed by atoms with Crippen LogP contribution in [-0.2, 0) is 4.74 Å². The number of alkyl carbamates (subject to hydrolysis) is 1. The standard InChI is InChI=1S/C22H28ClFN2O3/c1-21(2,3)29-20(28)26-14-6-4-12(5-7-14)17-16-8-9-22(16,17)18(27)15-10-13(24)11-25-19(15)23/h10-12,14,16-17H,4-9H2,1-3H3,(H,26,28). The first-order chi connectivity index (χ1) is 13.6. The fourth-order valence-corrected chi connectivity index (χ4v) is 5.82. The zero-order chi connectivity index (χ0) is 21.0. The second kappa shape index (κ2) is 7.22. The molecule has 7 heteroatoms. The van der Waals surface area contributed by atoms with E-state index in [4.69, 9.17) is 16.3 Å². The number of ketones is 1. The number of pyridine rings is 1. The number of ether oxygens (including phenoxy) is 1. The van der Waals surface area contributed by atoms with Crippen LogP contribution in [0.2, 0.25) is 5.15 Å². The number of carbonyl (C=O) groups is 2. The molecule has 4 rings (SSSR count). The third-order valence-electron chi connectivity index (χ3n) is 6.92. The van der Waals surface area contributed by atoms with Gasteiger partial charge in [-0.25, -0.2) is 14.2 Å². The molecule has 1 heterocycles. The number of halogens is 2. The summed E-state index contributed by atoms with van der Waals surface area (Å²) in [6.07, 6.45) is 6.30. The quantitative estimate of drug-likeness (QED) is 0.537. The number of nitrogens with zero attached hydrogens (tertiary/aromatic N) is 1. The number of fused-ring (bicyclic) bond motifs is 1. The van der Waals surface area contributed by atoms with E-state index < -0.39 is 11.4 Å². The molecule has 0 bridgehead atoms. The number of amides is 1. The minimum Gasteiger partial charge on any atom is -0.444 e. The van der Waals surface area contributed by atoms with Crippen LogP contribution in [0.1, 0.15) is 69.7 Å². The topological polar surface area (TPSA) is 68.3 Å². The number of rotatable bonds is 4. The van der Waals surface area contributed by atoms with Gasteiger partial charge in [0.25, 0.3) is 0 Å². The lowest BCUT2D eigenvalue weighted by atomic mass is 9.76. The lowest BCUT2D eigenvalue weighted by Gasteiger charge is -2.31. The van der Waals surface area contributed by atoms with Gasteiger partial charge in [0, 0.05) is 11.5 Å². The highest BCUT2D eigenvalue weighted by molar-refractivity contribution is 6.33. The van der Waals surface area contributed by atoms with Gasteiger partial charge in [-0.1, -0.05) is 11.6 Å². The summed E-state index contributed by atoms with van der Waals surface area (Å²) in [5.74, 6) is 0.621. The molecule has 1 N–H and O–H groups in total. The van der Waals surface area contributed by atoms with E-state index in [0.29, 0.717) is 17.8 Å². The van der Waals surface area contributed by atoms with Crippen molar-refractivity contribution in [3.8, 4) is 0 Å². The zero-order valence-corrected chi connectivity index (χ0v) is 17.9. The predicted octanol–water partition coefficient (Wildman–Crippen LogP) is 5.17. The molecule has 3 aliphatic carbocycles. The van der Waals surface area contributed by atoms with Crippen LogP contribution in [0, 0.1) is 29.0 Å². The van der Waals surface area contributed by atoms with Gasteiger partial charge < -0.3 is 10.1 Å². The summed E-state index contributed by atoms with van der Waals surface area (Å²) < 4.78 is 19.0. The Balaban J connectivity index is 1.36. The molecule has 5 nitrogen and oxygen atoms in total. The molecule has 3 fully saturated rings. The van der Waals surface area contributed by atoms with Crippen molar-refractivity contribution in [3.05, 3.63) is 28.8 Å². The van der Waals surface area contributed by atoms with Gasteiger partial charge in [0.1, 0.15) is 16.6 Å². The molecule has 0 radical (unpaired) electrons. The van der Waals surface area contributed by atoms with Gasteiger partial charge in [0.05, 0.1) is 11.8 Å². The molecule has 1 aromatic heterocycles. The van der Waals surface area contributed by atoms with Gasteiger partial charge in [-0.05, 0) is 83.1 Å². The SMILES string of the molecule is CC(C)(C)OC(=O)NC1CCC(C2C3CCC32C(=O)c2cc(F)cnc2Cl)CC1. The van der Waals surface area contributed by atoms with E-state index in [9.17, 15) is 14.0 Å². The van der Waals surface area contributed by atoms with E-state index in [1.807, 2.05) is 20.8 Å². The zero-order valence-electron chi connectivity index (χ0n) is 17.1. The smallest absolute Gasteiger partial charge is 0.407 e. The largest absolute Gasteiger partial charge is 0.444 e. The van der Waals surface area contributed by atoms with Crippen molar-refractivity contribution < 1.29 is 18.7 Å². The van der Waals surface area contributed by atoms with Crippen molar-refractivity contribution in [2.24, 2.45) is 23.2 Å². The van der Waals surface area contributed by atoms with Gasteiger partial charge >= 0.3 is 6.09 Å². The Bertz CT molecular complexity index is 832. The number of hydrogen-bond donors (Lipinski definition) is 1. The van der Waals surface area contributed by atoms with Crippen molar-refractivity contribution in [3.63, 3.8) is 0 Å². The summed E-state index contributed by atoms with van der Waals surface area (Å²) in [5.41, 5.74) is -0.650. The van der Waals surface area contributed by atoms with Crippen LogP contribution in [0.3, 0.4) is 0 Å². The minimum atomic E-state index is -0.532. The Morgan fingerprint density at radius 3 is 2.52 bits per heavy atom. The fourth-order valence-electron chi connectivity index (χ4n) is 5.63. The Hall–Kier alpha value is -1.69. The van der Waals surface area contributed by atoms with Crippen LogP contribution in [0.4, 0.5) is 9.18 Å². The van der Waals surface area contributed by atoms with Crippen molar-refractivity contribution in [1.29, 1.82) is 0 Å². The average molecular weight is 423 g/mol. The number of nitrogens with one attached hydrogen (secondary N) is 1. The lowest BCUT2D eigenvalue weighted by Crippen LogP contribution is -2.41. The van der Waals surface area contributed by atoms with Crippen LogP contribution < -0.4 is 5.32 Å². The molecule has 0 aromatic carbocycles. The van der Waals surface area contributed by atoms with Crippen LogP contribution in [0.5, 0.6) is 0 Å². The molecule has 0 saturated heterocycles. The summed E-state index contributed by atoms with van der Waals surface area (Å²) >= 11 is 6.09. The highest BCUT2D eigenvalue weighted by Crippen LogP contribution is 2.76. The number of Topliss-reactive ketones (excluding diaryl/α,β-unsaturated/α-hetero) is 1. The predicted molar refractivity (Wildman–Crippen MR) is 107 cm³/mol. The first-order valence-corrected chi connectivity index (χ1v) is 10.8. The third-order valence-corrected chi connectivity index (χ3v) is 7.22. The van der Waals surface area contributed by atoms with E-state index in [0.717, 1.165) is 44.7 Å². The maximum atomic E-state index is 13.6. The Morgan fingerprint density at radius 1 is 1.24 bits per heavy atom. The molecule has 3 atom stereocenters. The number of hydrogen-bond acceptors (Lipinski definition) is 4. The molecule has 1 aromatic rings. The van der Waals surface area contributed by atoms with Crippen molar-refractivity contribution in [2.75, 3.05) is 0 Å². The first kappa shape index (κ1) is 20.6. The Kier molecular flexibility index (Phi) is 5.12. The minimum absolute atomic E-state index is 0.0373. The second-order valence-corrected chi connectivity index (χ2v) is 10.1. The summed E-state index contributed by atoms with van der Waals surface area (Å²) in [6.45, 7) is 5.55. The number of aromatic nitrogens is 1. The summed E-state index contributed by atoms with van der Waals surface area (Å²) in [7, 11) is 0. The van der Waals surface area contributed by atoms with Crippen molar-refractivity contribution in [2.45, 2.75) is 70.9 Å². The molecule has 3 saturated carbocycles. The highest BCUT2D eigenvalue weighted by atomic mass is 35.5. The summed E-state index contributed by atoms with van der Waals surface area (Å²) in [6, 6.07) is 1.34. The van der Waals surface area contributed by atoms with Crippen LogP contribution in [0.25, 0.3) is 0 Å². The number of carbonyl (C=O) groups excluding carboxylic acids is 2. The molecule has 1 amide bonds. The second-order valence-electron chi connectivity index (χ2n) is 9.79. The van der Waals surface area contributed by atoms with E-state index in [-0.39, 0.29) is 34.0 Å². The molecule has 0 aliphatic heterocycles. The van der Waals surface area contributed by atoms with Gasteiger partial charge in [-0.2, -0.15) is 0 Å². The van der Waals surface area contributed by atoms with E-state index in [2.05, 4.69) is 10.3 Å². The third kappa shape index (κ3) is 3.76. The normalized spacial score (nSPS) is 33.3. The monoisotopic (exact) mass is 422 g/mol. The molecule has 0 spiro atoms. The highest BCUT2D eigenvalue weighted by Gasteiger charge is 2.75. The van der Waals surface area contributed by atoms with Crippen LogP contribution in [0.15, 0.2) is 12.3 Å². The van der Waals surface area contributed by atoms with Gasteiger partial charge in [-0.3, -0.25) is 4.79 Å². The van der Waals surface area contributed by atoms with E-state index in [1.54, 1.807) is 0 Å². The Labute approximate surface area is 175 Å². The molecule has 29 heavy (non-hydrogen) atoms. The molecular formula is C22H28ClFN2O3. The fraction of sp³-hybridized carbons (Fsp3) is 0.682. The molecular weight excluding hydrogens is 395 g/mol. The van der Waals surface area contributed by atoms with Gasteiger partial charge in [0.15, 0.2) is 5.78 Å². The summed E-state index contributed by atoms with van der Waals surface area (Å²) in [4.78, 5) is 29.0. The molecule has 158 valence electrons. The Morgan fingerprint density at radius 2 is 1.93 bits per heavy atom. The van der Waals surface area contributed by atoms with Crippen LogP contribution in [-0.4, -0.2) is 28.5 Å². The van der Waals surface area contributed by atoms with Crippen LogP contribution >= 0.6 is 11.6 Å². The van der Waals surface area contributed by atoms with Crippen molar-refractivity contribution >= 4 is 23.5 Å². The molecule has 3 unspecified atom stereocenters. The van der Waals surface area contributed by atoms with E-state index in [1.165, 1.54) is 6.07 Å². The van der Waals surface area contributed by atoms with Gasteiger partial charge in [0.2, 0.25) is 0 Å². The summed E-state index contributed by atoms with van der Waals surface area (Å²) in [5, 5.41) is 3.06.